The van der Waals surface area contributed by atoms with Crippen LogP contribution < -0.4 is 0 Å². The molecule has 0 radical (unpaired) electrons. The van der Waals surface area contributed by atoms with Crippen molar-refractivity contribution in [2.24, 2.45) is 5.92 Å². The molecule has 0 saturated carbocycles. The average molecular weight is 339 g/mol. The maximum Gasteiger partial charge on any atom is 0.248 e. The Morgan fingerprint density at radius 2 is 1.96 bits per heavy atom. The van der Waals surface area contributed by atoms with Gasteiger partial charge in [0.05, 0.1) is 0 Å². The molecule has 0 atom stereocenters. The highest BCUT2D eigenvalue weighted by Crippen LogP contribution is 2.16. The molecule has 1 aromatic rings. The van der Waals surface area contributed by atoms with Crippen LogP contribution in [0.2, 0.25) is 5.02 Å². The lowest BCUT2D eigenvalue weighted by Gasteiger charge is -2.32. The van der Waals surface area contributed by atoms with Crippen molar-refractivity contribution in [1.29, 1.82) is 0 Å². The summed E-state index contributed by atoms with van der Waals surface area (Å²) in [4.78, 5) is 16.6. The van der Waals surface area contributed by atoms with Crippen LogP contribution in [0.5, 0.6) is 0 Å². The van der Waals surface area contributed by atoms with E-state index in [1.807, 2.05) is 29.2 Å². The highest BCUT2D eigenvalue weighted by molar-refractivity contribution is 6.30. The quantitative estimate of drug-likeness (QED) is 0.766. The van der Waals surface area contributed by atoms with Crippen LogP contribution in [0, 0.1) is 5.92 Å². The van der Waals surface area contributed by atoms with E-state index in [0.717, 1.165) is 37.7 Å². The number of benzene rings is 1. The third-order valence-electron chi connectivity index (χ3n) is 4.47. The predicted molar refractivity (Wildman–Crippen MR) is 93.6 cm³/mol. The number of ether oxygens (including phenoxy) is 1. The van der Waals surface area contributed by atoms with Crippen molar-refractivity contribution >= 4 is 17.5 Å². The summed E-state index contributed by atoms with van der Waals surface area (Å²) in [5, 5.41) is 0.714. The fourth-order valence-electron chi connectivity index (χ4n) is 2.86. The largest absolute Gasteiger partial charge is 0.375 e. The third kappa shape index (κ3) is 6.13. The van der Waals surface area contributed by atoms with Gasteiger partial charge in [-0.2, -0.15) is 0 Å². The minimum atomic E-state index is 0.0350. The molecule has 4 nitrogen and oxygen atoms in total. The molecule has 5 heteroatoms. The Hall–Kier alpha value is -1.10. The van der Waals surface area contributed by atoms with Gasteiger partial charge in [0.15, 0.2) is 0 Å². The Bertz CT molecular complexity index is 484. The van der Waals surface area contributed by atoms with Crippen LogP contribution in [0.15, 0.2) is 24.3 Å². The van der Waals surface area contributed by atoms with E-state index in [1.165, 1.54) is 12.8 Å². The van der Waals surface area contributed by atoms with Gasteiger partial charge in [-0.3, -0.25) is 4.79 Å². The molecule has 0 unspecified atom stereocenters. The predicted octanol–water partition coefficient (Wildman–Crippen LogP) is 3.05. The first-order valence-corrected chi connectivity index (χ1v) is 8.70. The summed E-state index contributed by atoms with van der Waals surface area (Å²) < 4.78 is 5.02. The van der Waals surface area contributed by atoms with Crippen LogP contribution in [0.3, 0.4) is 0 Å². The molecule has 1 fully saturated rings. The molecule has 128 valence electrons. The smallest absolute Gasteiger partial charge is 0.248 e. The summed E-state index contributed by atoms with van der Waals surface area (Å²) in [7, 11) is 1.56. The van der Waals surface area contributed by atoms with Crippen LogP contribution in [0.4, 0.5) is 0 Å². The summed E-state index contributed by atoms with van der Waals surface area (Å²) in [6.45, 7) is 6.97. The van der Waals surface area contributed by atoms with Gasteiger partial charge in [-0.15, -0.1) is 0 Å². The van der Waals surface area contributed by atoms with Crippen molar-refractivity contribution in [3.63, 3.8) is 0 Å². The van der Waals surface area contributed by atoms with E-state index in [0.29, 0.717) is 11.6 Å². The van der Waals surface area contributed by atoms with Gasteiger partial charge in [0, 0.05) is 31.8 Å². The molecule has 1 saturated heterocycles. The summed E-state index contributed by atoms with van der Waals surface area (Å²) in [5.41, 5.74) is 1.09. The number of nitrogens with zero attached hydrogens (tertiary/aromatic N) is 2. The molecule has 0 spiro atoms. The SMILES string of the molecule is COCC(=O)N(CCN1CCC(C)CC1)Cc1ccc(Cl)cc1. The third-order valence-corrected chi connectivity index (χ3v) is 4.72. The van der Waals surface area contributed by atoms with Crippen molar-refractivity contribution < 1.29 is 9.53 Å². The lowest BCUT2D eigenvalue weighted by atomic mass is 9.99. The van der Waals surface area contributed by atoms with E-state index in [4.69, 9.17) is 16.3 Å². The van der Waals surface area contributed by atoms with Crippen molar-refractivity contribution in [1.82, 2.24) is 9.80 Å². The van der Waals surface area contributed by atoms with Crippen LogP contribution in [-0.4, -0.2) is 55.6 Å². The Morgan fingerprint density at radius 1 is 1.30 bits per heavy atom. The van der Waals surface area contributed by atoms with E-state index in [2.05, 4.69) is 11.8 Å². The first-order valence-electron chi connectivity index (χ1n) is 8.32. The Labute approximate surface area is 144 Å². The van der Waals surface area contributed by atoms with Crippen molar-refractivity contribution in [3.8, 4) is 0 Å². The van der Waals surface area contributed by atoms with Gasteiger partial charge in [-0.1, -0.05) is 30.7 Å². The summed E-state index contributed by atoms with van der Waals surface area (Å²) >= 11 is 5.93. The van der Waals surface area contributed by atoms with E-state index in [1.54, 1.807) is 7.11 Å². The maximum absolute atomic E-state index is 12.3. The van der Waals surface area contributed by atoms with Crippen molar-refractivity contribution in [3.05, 3.63) is 34.9 Å². The summed E-state index contributed by atoms with van der Waals surface area (Å²) in [5.74, 6) is 0.861. The number of hydrogen-bond acceptors (Lipinski definition) is 3. The van der Waals surface area contributed by atoms with E-state index >= 15 is 0 Å². The Morgan fingerprint density at radius 3 is 2.57 bits per heavy atom. The number of hydrogen-bond donors (Lipinski definition) is 0. The second-order valence-electron chi connectivity index (χ2n) is 6.40. The fraction of sp³-hybridized carbons (Fsp3) is 0.611. The molecule has 0 aromatic heterocycles. The van der Waals surface area contributed by atoms with Crippen molar-refractivity contribution in [2.45, 2.75) is 26.3 Å². The van der Waals surface area contributed by atoms with Crippen LogP contribution in [0.25, 0.3) is 0 Å². The minimum absolute atomic E-state index is 0.0350. The highest BCUT2D eigenvalue weighted by Gasteiger charge is 2.18. The lowest BCUT2D eigenvalue weighted by molar-refractivity contribution is -0.136. The van der Waals surface area contributed by atoms with E-state index in [-0.39, 0.29) is 12.5 Å². The monoisotopic (exact) mass is 338 g/mol. The Kier molecular flexibility index (Phi) is 7.34. The molecule has 0 N–H and O–H groups in total. The molecule has 1 aliphatic heterocycles. The molecule has 1 amide bonds. The highest BCUT2D eigenvalue weighted by atomic mass is 35.5. The lowest BCUT2D eigenvalue weighted by Crippen LogP contribution is -2.42. The minimum Gasteiger partial charge on any atom is -0.375 e. The molecular weight excluding hydrogens is 312 g/mol. The zero-order valence-electron chi connectivity index (χ0n) is 14.1. The average Bonchev–Trinajstić information content (AvgIpc) is 2.55. The molecular formula is C18H27ClN2O2. The number of halogens is 1. The zero-order valence-corrected chi connectivity index (χ0v) is 14.9. The number of piperidine rings is 1. The first-order chi connectivity index (χ1) is 11.1. The number of likely N-dealkylation sites (tertiary alicyclic amines) is 1. The molecule has 1 aromatic carbocycles. The topological polar surface area (TPSA) is 32.8 Å². The molecule has 1 heterocycles. The van der Waals surface area contributed by atoms with Gasteiger partial charge >= 0.3 is 0 Å². The van der Waals surface area contributed by atoms with Gasteiger partial charge in [0.1, 0.15) is 6.61 Å². The Balaban J connectivity index is 1.91. The second kappa shape index (κ2) is 9.26. The molecule has 0 aliphatic carbocycles. The number of rotatable bonds is 7. The van der Waals surface area contributed by atoms with Gasteiger partial charge in [-0.05, 0) is 49.5 Å². The standard InChI is InChI=1S/C18H27ClN2O2/c1-15-7-9-20(10-8-15)11-12-21(18(22)14-23-2)13-16-3-5-17(19)6-4-16/h3-6,15H,7-14H2,1-2H3. The molecule has 1 aliphatic rings. The van der Waals surface area contributed by atoms with Crippen LogP contribution in [0.1, 0.15) is 25.3 Å². The van der Waals surface area contributed by atoms with Gasteiger partial charge in [-0.25, -0.2) is 0 Å². The van der Waals surface area contributed by atoms with Gasteiger partial charge < -0.3 is 14.5 Å². The number of carbonyl (C=O) groups excluding carboxylic acids is 1. The number of amides is 1. The number of methoxy groups -OCH3 is 1. The second-order valence-corrected chi connectivity index (χ2v) is 6.84. The summed E-state index contributed by atoms with van der Waals surface area (Å²) in [6, 6.07) is 7.67. The number of carbonyl (C=O) groups is 1. The van der Waals surface area contributed by atoms with Crippen molar-refractivity contribution in [2.75, 3.05) is 39.9 Å². The maximum atomic E-state index is 12.3. The summed E-state index contributed by atoms with van der Waals surface area (Å²) in [6.07, 6.45) is 2.51. The van der Waals surface area contributed by atoms with Gasteiger partial charge in [0.2, 0.25) is 5.91 Å². The molecule has 0 bridgehead atoms. The van der Waals surface area contributed by atoms with E-state index in [9.17, 15) is 4.79 Å². The van der Waals surface area contributed by atoms with Gasteiger partial charge in [0.25, 0.3) is 0 Å². The normalized spacial score (nSPS) is 16.5. The fourth-order valence-corrected chi connectivity index (χ4v) is 2.99. The zero-order chi connectivity index (χ0) is 16.7. The molecule has 23 heavy (non-hydrogen) atoms. The van der Waals surface area contributed by atoms with E-state index < -0.39 is 0 Å². The van der Waals surface area contributed by atoms with Crippen LogP contribution >= 0.6 is 11.6 Å². The molecule has 2 rings (SSSR count). The van der Waals surface area contributed by atoms with Crippen LogP contribution in [-0.2, 0) is 16.1 Å². The first kappa shape index (κ1) is 18.2.